The fourth-order valence-electron chi connectivity index (χ4n) is 4.89. The van der Waals surface area contributed by atoms with E-state index in [0.717, 1.165) is 36.6 Å². The Hall–Kier alpha value is -2.34. The molecule has 158 valence electrons. The number of likely N-dealkylation sites (tertiary alicyclic amines) is 1. The van der Waals surface area contributed by atoms with Gasteiger partial charge in [0.15, 0.2) is 0 Å². The van der Waals surface area contributed by atoms with E-state index in [0.29, 0.717) is 24.6 Å². The summed E-state index contributed by atoms with van der Waals surface area (Å²) in [6.45, 7) is 0.667. The number of hydrogen-bond donors (Lipinski definition) is 1. The molecule has 1 aliphatic carbocycles. The van der Waals surface area contributed by atoms with Gasteiger partial charge < -0.3 is 9.64 Å². The van der Waals surface area contributed by atoms with E-state index in [4.69, 9.17) is 4.74 Å². The normalized spacial score (nSPS) is 23.6. The van der Waals surface area contributed by atoms with E-state index in [9.17, 15) is 9.59 Å². The zero-order chi connectivity index (χ0) is 21.0. The summed E-state index contributed by atoms with van der Waals surface area (Å²) >= 11 is 3.37. The van der Waals surface area contributed by atoms with Gasteiger partial charge in [0.2, 0.25) is 5.91 Å². The van der Waals surface area contributed by atoms with Crippen LogP contribution in [0, 0.1) is 0 Å². The van der Waals surface area contributed by atoms with E-state index in [2.05, 4.69) is 51.6 Å². The van der Waals surface area contributed by atoms with Crippen LogP contribution in [0.25, 0.3) is 0 Å². The smallest absolute Gasteiger partial charge is 0.411 e. The van der Waals surface area contributed by atoms with Crippen LogP contribution in [0.4, 0.5) is 10.5 Å². The number of anilines is 1. The van der Waals surface area contributed by atoms with Crippen molar-refractivity contribution in [3.05, 3.63) is 64.6 Å². The van der Waals surface area contributed by atoms with Crippen LogP contribution < -0.4 is 5.32 Å². The number of carbonyl (C=O) groups excluding carboxylic acids is 2. The Balaban J connectivity index is 1.29. The minimum Gasteiger partial charge on any atom is -0.447 e. The molecule has 0 radical (unpaired) electrons. The molecule has 2 aliphatic rings. The molecule has 30 heavy (non-hydrogen) atoms. The average molecular weight is 471 g/mol. The van der Waals surface area contributed by atoms with Gasteiger partial charge in [-0.3, -0.25) is 10.1 Å². The molecule has 2 fully saturated rings. The standard InChI is InChI=1S/C24H27BrN2O3/c25-20-6-8-21(9-7-20)26-23(29)30-17-16-27-22(28)12-15-24(27)13-10-19(11-14-24)18-4-2-1-3-5-18/h1-9,19H,10-17H2,(H,26,29). The van der Waals surface area contributed by atoms with E-state index < -0.39 is 6.09 Å². The molecular weight excluding hydrogens is 444 g/mol. The molecule has 2 aromatic carbocycles. The van der Waals surface area contributed by atoms with E-state index in [-0.39, 0.29) is 18.1 Å². The Morgan fingerprint density at radius 3 is 2.47 bits per heavy atom. The first-order valence-electron chi connectivity index (χ1n) is 10.6. The predicted octanol–water partition coefficient (Wildman–Crippen LogP) is 5.72. The molecular formula is C24H27BrN2O3. The lowest BCUT2D eigenvalue weighted by atomic mass is 9.73. The zero-order valence-electron chi connectivity index (χ0n) is 17.0. The molecule has 0 bridgehead atoms. The number of amides is 2. The molecule has 4 rings (SSSR count). The Kier molecular flexibility index (Phi) is 6.42. The first-order valence-corrected chi connectivity index (χ1v) is 11.4. The summed E-state index contributed by atoms with van der Waals surface area (Å²) in [6, 6.07) is 18.0. The molecule has 0 unspecified atom stereocenters. The van der Waals surface area contributed by atoms with Crippen molar-refractivity contribution in [2.45, 2.75) is 50.0 Å². The fraction of sp³-hybridized carbons (Fsp3) is 0.417. The highest BCUT2D eigenvalue weighted by molar-refractivity contribution is 9.10. The summed E-state index contributed by atoms with van der Waals surface area (Å²) in [5, 5.41) is 2.72. The number of rotatable bonds is 5. The number of nitrogens with one attached hydrogen (secondary N) is 1. The van der Waals surface area contributed by atoms with Gasteiger partial charge in [-0.05, 0) is 67.9 Å². The largest absolute Gasteiger partial charge is 0.447 e. The van der Waals surface area contributed by atoms with Crippen LogP contribution in [-0.2, 0) is 9.53 Å². The van der Waals surface area contributed by atoms with E-state index in [1.807, 2.05) is 17.0 Å². The highest BCUT2D eigenvalue weighted by Gasteiger charge is 2.46. The summed E-state index contributed by atoms with van der Waals surface area (Å²) in [4.78, 5) is 26.6. The van der Waals surface area contributed by atoms with Crippen LogP contribution >= 0.6 is 15.9 Å². The molecule has 1 aliphatic heterocycles. The first-order chi connectivity index (χ1) is 14.6. The Morgan fingerprint density at radius 1 is 1.07 bits per heavy atom. The van der Waals surface area contributed by atoms with Crippen molar-refractivity contribution in [1.82, 2.24) is 4.90 Å². The highest BCUT2D eigenvalue weighted by Crippen LogP contribution is 2.46. The molecule has 0 atom stereocenters. The molecule has 1 heterocycles. The van der Waals surface area contributed by atoms with E-state index in [1.54, 1.807) is 12.1 Å². The summed E-state index contributed by atoms with van der Waals surface area (Å²) < 4.78 is 6.30. The van der Waals surface area contributed by atoms with Crippen molar-refractivity contribution in [2.24, 2.45) is 0 Å². The lowest BCUT2D eigenvalue weighted by Crippen LogP contribution is -2.49. The lowest BCUT2D eigenvalue weighted by Gasteiger charge is -2.44. The van der Waals surface area contributed by atoms with Gasteiger partial charge in [-0.15, -0.1) is 0 Å². The Morgan fingerprint density at radius 2 is 1.77 bits per heavy atom. The van der Waals surface area contributed by atoms with Gasteiger partial charge in [-0.2, -0.15) is 0 Å². The van der Waals surface area contributed by atoms with Crippen LogP contribution in [0.15, 0.2) is 59.1 Å². The van der Waals surface area contributed by atoms with Gasteiger partial charge >= 0.3 is 6.09 Å². The van der Waals surface area contributed by atoms with E-state index in [1.165, 1.54) is 5.56 Å². The maximum atomic E-state index is 12.6. The number of benzene rings is 2. The maximum absolute atomic E-state index is 12.6. The van der Waals surface area contributed by atoms with Crippen molar-refractivity contribution in [3.63, 3.8) is 0 Å². The second-order valence-corrected chi connectivity index (χ2v) is 9.14. The summed E-state index contributed by atoms with van der Waals surface area (Å²) in [6.07, 6.45) is 5.25. The van der Waals surface area contributed by atoms with Crippen molar-refractivity contribution in [3.8, 4) is 0 Å². The van der Waals surface area contributed by atoms with Crippen molar-refractivity contribution < 1.29 is 14.3 Å². The van der Waals surface area contributed by atoms with Gasteiger partial charge in [0, 0.05) is 22.1 Å². The third kappa shape index (κ3) is 4.69. The SMILES string of the molecule is O=C(Nc1ccc(Br)cc1)OCCN1C(=O)CCC12CCC(c1ccccc1)CC2. The molecule has 1 saturated heterocycles. The monoisotopic (exact) mass is 470 g/mol. The second-order valence-electron chi connectivity index (χ2n) is 8.22. The second kappa shape index (κ2) is 9.21. The molecule has 1 N–H and O–H groups in total. The third-order valence-electron chi connectivity index (χ3n) is 6.50. The van der Waals surface area contributed by atoms with Crippen molar-refractivity contribution >= 4 is 33.6 Å². The van der Waals surface area contributed by atoms with Gasteiger partial charge in [0.05, 0.1) is 6.54 Å². The fourth-order valence-corrected chi connectivity index (χ4v) is 5.15. The van der Waals surface area contributed by atoms with Crippen LogP contribution in [0.5, 0.6) is 0 Å². The van der Waals surface area contributed by atoms with Crippen molar-refractivity contribution in [2.75, 3.05) is 18.5 Å². The minimum absolute atomic E-state index is 0.0616. The molecule has 1 spiro atoms. The molecule has 6 heteroatoms. The van der Waals surface area contributed by atoms with Crippen LogP contribution in [0.3, 0.4) is 0 Å². The first kappa shape index (κ1) is 20.9. The summed E-state index contributed by atoms with van der Waals surface area (Å²) in [5.74, 6) is 0.757. The molecule has 5 nitrogen and oxygen atoms in total. The molecule has 2 amide bonds. The quantitative estimate of drug-likeness (QED) is 0.607. The topological polar surface area (TPSA) is 58.6 Å². The van der Waals surface area contributed by atoms with Crippen molar-refractivity contribution in [1.29, 1.82) is 0 Å². The zero-order valence-corrected chi connectivity index (χ0v) is 18.6. The number of nitrogens with zero attached hydrogens (tertiary/aromatic N) is 1. The van der Waals surface area contributed by atoms with Gasteiger partial charge in [-0.25, -0.2) is 4.79 Å². The number of halogens is 1. The number of carbonyl (C=O) groups is 2. The van der Waals surface area contributed by atoms with Gasteiger partial charge in [0.1, 0.15) is 6.61 Å². The maximum Gasteiger partial charge on any atom is 0.411 e. The van der Waals surface area contributed by atoms with Crippen LogP contribution in [0.1, 0.15) is 50.0 Å². The van der Waals surface area contributed by atoms with Gasteiger partial charge in [0.25, 0.3) is 0 Å². The van der Waals surface area contributed by atoms with Crippen LogP contribution in [-0.4, -0.2) is 35.6 Å². The lowest BCUT2D eigenvalue weighted by molar-refractivity contribution is -0.132. The predicted molar refractivity (Wildman–Crippen MR) is 120 cm³/mol. The van der Waals surface area contributed by atoms with Crippen LogP contribution in [0.2, 0.25) is 0 Å². The summed E-state index contributed by atoms with van der Waals surface area (Å²) in [7, 11) is 0. The third-order valence-corrected chi connectivity index (χ3v) is 7.03. The molecule has 1 saturated carbocycles. The minimum atomic E-state index is -0.495. The number of hydrogen-bond acceptors (Lipinski definition) is 3. The Bertz CT molecular complexity index is 877. The molecule has 0 aromatic heterocycles. The van der Waals surface area contributed by atoms with E-state index >= 15 is 0 Å². The molecule has 2 aromatic rings. The van der Waals surface area contributed by atoms with Gasteiger partial charge in [-0.1, -0.05) is 46.3 Å². The summed E-state index contributed by atoms with van der Waals surface area (Å²) in [5.41, 5.74) is 2.01. The highest BCUT2D eigenvalue weighted by atomic mass is 79.9. The Labute approximate surface area is 185 Å². The number of ether oxygens (including phenoxy) is 1. The average Bonchev–Trinajstić information content (AvgIpc) is 3.06.